The quantitative estimate of drug-likeness (QED) is 0.500. The lowest BCUT2D eigenvalue weighted by Crippen LogP contribution is -2.41. The Bertz CT molecular complexity index is 1230. The number of anilines is 2. The van der Waals surface area contributed by atoms with Gasteiger partial charge < -0.3 is 15.1 Å². The monoisotopic (exact) mass is 456 g/mol. The van der Waals surface area contributed by atoms with E-state index in [0.29, 0.717) is 28.6 Å². The SMILES string of the molecule is CC(=O)Nc1ccc(S(=O)(=O)N[C@@H](C)C(=O)Nc2cccc(-c3nc(C)c(C)o3)c2)cc1. The predicted molar refractivity (Wildman–Crippen MR) is 121 cm³/mol. The number of hydrogen-bond acceptors (Lipinski definition) is 6. The molecule has 0 aliphatic rings. The highest BCUT2D eigenvalue weighted by Gasteiger charge is 2.22. The third kappa shape index (κ3) is 5.59. The smallest absolute Gasteiger partial charge is 0.242 e. The molecule has 0 bridgehead atoms. The van der Waals surface area contributed by atoms with Crippen LogP contribution in [-0.4, -0.2) is 31.3 Å². The Morgan fingerprint density at radius 2 is 1.69 bits per heavy atom. The van der Waals surface area contributed by atoms with E-state index in [1.165, 1.54) is 38.1 Å². The first-order valence-electron chi connectivity index (χ1n) is 9.80. The molecule has 1 atom stereocenters. The number of nitrogens with one attached hydrogen (secondary N) is 3. The van der Waals surface area contributed by atoms with Crippen LogP contribution in [0.25, 0.3) is 11.5 Å². The highest BCUT2D eigenvalue weighted by atomic mass is 32.2. The highest BCUT2D eigenvalue weighted by Crippen LogP contribution is 2.24. The van der Waals surface area contributed by atoms with Crippen LogP contribution in [0.2, 0.25) is 0 Å². The molecule has 10 heteroatoms. The number of oxazole rings is 1. The van der Waals surface area contributed by atoms with Crippen molar-refractivity contribution in [3.05, 3.63) is 60.0 Å². The van der Waals surface area contributed by atoms with Gasteiger partial charge in [-0.1, -0.05) is 6.07 Å². The molecule has 0 saturated carbocycles. The van der Waals surface area contributed by atoms with Crippen LogP contribution in [0.3, 0.4) is 0 Å². The van der Waals surface area contributed by atoms with E-state index < -0.39 is 22.0 Å². The Kier molecular flexibility index (Phi) is 6.75. The second-order valence-corrected chi connectivity index (χ2v) is 8.99. The summed E-state index contributed by atoms with van der Waals surface area (Å²) in [5, 5.41) is 5.26. The van der Waals surface area contributed by atoms with E-state index in [0.717, 1.165) is 5.69 Å². The molecular weight excluding hydrogens is 432 g/mol. The molecule has 3 aromatic rings. The van der Waals surface area contributed by atoms with E-state index in [-0.39, 0.29) is 10.8 Å². The number of hydrogen-bond donors (Lipinski definition) is 3. The fourth-order valence-electron chi connectivity index (χ4n) is 2.85. The summed E-state index contributed by atoms with van der Waals surface area (Å²) in [6.45, 7) is 6.46. The minimum absolute atomic E-state index is 0.0251. The van der Waals surface area contributed by atoms with Crippen LogP contribution in [0.5, 0.6) is 0 Å². The Hall–Kier alpha value is -3.50. The van der Waals surface area contributed by atoms with Gasteiger partial charge in [-0.2, -0.15) is 4.72 Å². The van der Waals surface area contributed by atoms with Crippen molar-refractivity contribution >= 4 is 33.2 Å². The molecule has 32 heavy (non-hydrogen) atoms. The van der Waals surface area contributed by atoms with Crippen LogP contribution in [0, 0.1) is 13.8 Å². The molecule has 0 radical (unpaired) electrons. The number of amides is 2. The van der Waals surface area contributed by atoms with Gasteiger partial charge in [0.2, 0.25) is 27.7 Å². The largest absolute Gasteiger partial charge is 0.441 e. The van der Waals surface area contributed by atoms with Crippen molar-refractivity contribution < 1.29 is 22.4 Å². The molecule has 0 unspecified atom stereocenters. The second-order valence-electron chi connectivity index (χ2n) is 7.28. The fourth-order valence-corrected chi connectivity index (χ4v) is 4.05. The molecule has 168 valence electrons. The van der Waals surface area contributed by atoms with Crippen LogP contribution in [0.15, 0.2) is 57.8 Å². The standard InChI is InChI=1S/C22H24N4O5S/c1-13-15(3)31-22(23-13)17-6-5-7-19(12-17)25-21(28)14(2)26-32(29,30)20-10-8-18(9-11-20)24-16(4)27/h5-12,14,26H,1-4H3,(H,24,27)(H,25,28)/t14-/m0/s1. The van der Waals surface area contributed by atoms with E-state index in [1.807, 2.05) is 13.8 Å². The van der Waals surface area contributed by atoms with Gasteiger partial charge >= 0.3 is 0 Å². The number of benzene rings is 2. The first kappa shape index (κ1) is 23.2. The molecule has 0 saturated heterocycles. The second kappa shape index (κ2) is 9.33. The molecule has 3 rings (SSSR count). The lowest BCUT2D eigenvalue weighted by molar-refractivity contribution is -0.117. The topological polar surface area (TPSA) is 130 Å². The number of aryl methyl sites for hydroxylation is 2. The number of rotatable bonds is 7. The first-order valence-corrected chi connectivity index (χ1v) is 11.3. The lowest BCUT2D eigenvalue weighted by atomic mass is 10.2. The summed E-state index contributed by atoms with van der Waals surface area (Å²) in [5.41, 5.74) is 2.42. The highest BCUT2D eigenvalue weighted by molar-refractivity contribution is 7.89. The zero-order valence-electron chi connectivity index (χ0n) is 18.1. The van der Waals surface area contributed by atoms with Crippen LogP contribution in [0.1, 0.15) is 25.3 Å². The summed E-state index contributed by atoms with van der Waals surface area (Å²) >= 11 is 0. The summed E-state index contributed by atoms with van der Waals surface area (Å²) in [4.78, 5) is 28.0. The van der Waals surface area contributed by atoms with Crippen LogP contribution in [-0.2, 0) is 19.6 Å². The zero-order valence-corrected chi connectivity index (χ0v) is 18.9. The van der Waals surface area contributed by atoms with Crippen LogP contribution >= 0.6 is 0 Å². The molecule has 2 amide bonds. The lowest BCUT2D eigenvalue weighted by Gasteiger charge is -2.15. The van der Waals surface area contributed by atoms with Crippen molar-refractivity contribution in [3.8, 4) is 11.5 Å². The number of nitrogens with zero attached hydrogens (tertiary/aromatic N) is 1. The number of sulfonamides is 1. The normalized spacial score (nSPS) is 12.2. The maximum Gasteiger partial charge on any atom is 0.242 e. The molecule has 0 aliphatic carbocycles. The van der Waals surface area contributed by atoms with Crippen molar-refractivity contribution in [2.24, 2.45) is 0 Å². The third-order valence-electron chi connectivity index (χ3n) is 4.62. The maximum absolute atomic E-state index is 12.6. The van der Waals surface area contributed by atoms with Gasteiger partial charge in [-0.25, -0.2) is 13.4 Å². The van der Waals surface area contributed by atoms with Gasteiger partial charge in [0.05, 0.1) is 16.6 Å². The van der Waals surface area contributed by atoms with Crippen LogP contribution < -0.4 is 15.4 Å². The first-order chi connectivity index (χ1) is 15.0. The Morgan fingerprint density at radius 1 is 1.00 bits per heavy atom. The molecule has 9 nitrogen and oxygen atoms in total. The zero-order chi connectivity index (χ0) is 23.5. The summed E-state index contributed by atoms with van der Waals surface area (Å²) < 4.78 is 33.2. The van der Waals surface area contributed by atoms with E-state index in [9.17, 15) is 18.0 Å². The van der Waals surface area contributed by atoms with Gasteiger partial charge in [0.1, 0.15) is 5.76 Å². The molecular formula is C22H24N4O5S. The van der Waals surface area contributed by atoms with Crippen molar-refractivity contribution in [1.29, 1.82) is 0 Å². The van der Waals surface area contributed by atoms with Crippen LogP contribution in [0.4, 0.5) is 11.4 Å². The number of carbonyl (C=O) groups is 2. The summed E-state index contributed by atoms with van der Waals surface area (Å²) in [6, 6.07) is 11.5. The van der Waals surface area contributed by atoms with Crippen molar-refractivity contribution in [3.63, 3.8) is 0 Å². The summed E-state index contributed by atoms with van der Waals surface area (Å²) in [5.74, 6) is 0.358. The van der Waals surface area contributed by atoms with Gasteiger partial charge in [-0.15, -0.1) is 0 Å². The summed E-state index contributed by atoms with van der Waals surface area (Å²) in [7, 11) is -3.94. The number of carbonyl (C=O) groups excluding carboxylic acids is 2. The molecule has 0 aliphatic heterocycles. The summed E-state index contributed by atoms with van der Waals surface area (Å²) in [6.07, 6.45) is 0. The predicted octanol–water partition coefficient (Wildman–Crippen LogP) is 3.22. The molecule has 2 aromatic carbocycles. The Balaban J connectivity index is 1.68. The minimum Gasteiger partial charge on any atom is -0.441 e. The van der Waals surface area contributed by atoms with Crippen molar-refractivity contribution in [1.82, 2.24) is 9.71 Å². The molecule has 3 N–H and O–H groups in total. The van der Waals surface area contributed by atoms with Gasteiger partial charge in [0.15, 0.2) is 0 Å². The van der Waals surface area contributed by atoms with E-state index in [1.54, 1.807) is 24.3 Å². The molecule has 1 heterocycles. The van der Waals surface area contributed by atoms with E-state index >= 15 is 0 Å². The molecule has 0 fully saturated rings. The van der Waals surface area contributed by atoms with Gasteiger partial charge in [0, 0.05) is 23.9 Å². The fraction of sp³-hybridized carbons (Fsp3) is 0.227. The average Bonchev–Trinajstić information content (AvgIpc) is 3.06. The van der Waals surface area contributed by atoms with Gasteiger partial charge in [0.25, 0.3) is 0 Å². The molecule has 0 spiro atoms. The third-order valence-corrected chi connectivity index (χ3v) is 6.17. The van der Waals surface area contributed by atoms with Gasteiger partial charge in [-0.05, 0) is 63.2 Å². The van der Waals surface area contributed by atoms with E-state index in [4.69, 9.17) is 4.42 Å². The minimum atomic E-state index is -3.94. The number of aromatic nitrogens is 1. The van der Waals surface area contributed by atoms with Crippen molar-refractivity contribution in [2.45, 2.75) is 38.6 Å². The molecule has 1 aromatic heterocycles. The Labute approximate surface area is 186 Å². The van der Waals surface area contributed by atoms with Gasteiger partial charge in [-0.3, -0.25) is 9.59 Å². The van der Waals surface area contributed by atoms with E-state index in [2.05, 4.69) is 20.3 Å². The van der Waals surface area contributed by atoms with Crippen molar-refractivity contribution in [2.75, 3.05) is 10.6 Å². The maximum atomic E-state index is 12.6. The Morgan fingerprint density at radius 3 is 2.28 bits per heavy atom. The average molecular weight is 457 g/mol.